The third-order valence-corrected chi connectivity index (χ3v) is 12.9. The van der Waals surface area contributed by atoms with Crippen molar-refractivity contribution in [1.82, 2.24) is 10.2 Å². The Bertz CT molecular complexity index is 1230. The summed E-state index contributed by atoms with van der Waals surface area (Å²) in [7, 11) is -3.21. The SMILES string of the molecule is CC(=O)NC=CSC1=C(C(=O)O[Si](c2ccccc2)(c2ccccc2)C(C)(C)C)N2C(=O)[C@H]([C@H](C)O)[C@H]2C1. The Morgan fingerprint density at radius 3 is 2.13 bits per heavy atom. The third kappa shape index (κ3) is 4.98. The molecule has 2 aromatic rings. The van der Waals surface area contributed by atoms with Crippen LogP contribution in [0.5, 0.6) is 0 Å². The van der Waals surface area contributed by atoms with Gasteiger partial charge < -0.3 is 19.7 Å². The van der Waals surface area contributed by atoms with Crippen LogP contribution in [-0.4, -0.2) is 48.3 Å². The molecule has 200 valence electrons. The van der Waals surface area contributed by atoms with Gasteiger partial charge in [-0.2, -0.15) is 0 Å². The first-order valence-corrected chi connectivity index (χ1v) is 15.4. The molecule has 2 N–H and O–H groups in total. The summed E-state index contributed by atoms with van der Waals surface area (Å²) in [6.45, 7) is 9.27. The maximum Gasteiger partial charge on any atom is 0.343 e. The molecule has 9 heteroatoms. The molecule has 0 saturated carbocycles. The highest BCUT2D eigenvalue weighted by molar-refractivity contribution is 8.05. The van der Waals surface area contributed by atoms with E-state index < -0.39 is 31.3 Å². The number of benzene rings is 2. The van der Waals surface area contributed by atoms with Gasteiger partial charge in [0.25, 0.3) is 0 Å². The number of carbonyl (C=O) groups is 3. The molecule has 0 spiro atoms. The highest BCUT2D eigenvalue weighted by Gasteiger charge is 2.59. The van der Waals surface area contributed by atoms with Crippen LogP contribution in [0.3, 0.4) is 0 Å². The predicted molar refractivity (Wildman–Crippen MR) is 152 cm³/mol. The van der Waals surface area contributed by atoms with Gasteiger partial charge in [0, 0.05) is 24.4 Å². The quantitative estimate of drug-likeness (QED) is 0.387. The molecule has 0 aromatic heterocycles. The average Bonchev–Trinajstić information content (AvgIpc) is 3.19. The number of carbonyl (C=O) groups excluding carboxylic acids is 3. The van der Waals surface area contributed by atoms with Crippen LogP contribution in [0, 0.1) is 5.92 Å². The van der Waals surface area contributed by atoms with E-state index in [0.29, 0.717) is 11.3 Å². The number of rotatable bonds is 8. The molecule has 2 aromatic carbocycles. The molecular formula is C29H34N2O5SSi. The van der Waals surface area contributed by atoms with Crippen LogP contribution in [0.25, 0.3) is 0 Å². The second kappa shape index (κ2) is 10.9. The maximum absolute atomic E-state index is 14.2. The van der Waals surface area contributed by atoms with Crippen molar-refractivity contribution in [3.8, 4) is 0 Å². The molecule has 0 radical (unpaired) electrons. The van der Waals surface area contributed by atoms with E-state index in [9.17, 15) is 19.5 Å². The number of thioether (sulfide) groups is 1. The van der Waals surface area contributed by atoms with E-state index in [-0.39, 0.29) is 23.6 Å². The number of β-lactam (4-membered cyclic amide) rings is 1. The van der Waals surface area contributed by atoms with Gasteiger partial charge in [0.1, 0.15) is 5.70 Å². The normalized spacial score (nSPS) is 20.3. The fourth-order valence-corrected chi connectivity index (χ4v) is 10.6. The molecule has 1 saturated heterocycles. The third-order valence-electron chi connectivity index (χ3n) is 7.11. The van der Waals surface area contributed by atoms with E-state index in [1.54, 1.807) is 12.3 Å². The smallest absolute Gasteiger partial charge is 0.343 e. The molecule has 3 atom stereocenters. The molecule has 2 amide bonds. The van der Waals surface area contributed by atoms with Crippen LogP contribution in [0.1, 0.15) is 41.0 Å². The van der Waals surface area contributed by atoms with E-state index in [2.05, 4.69) is 26.1 Å². The monoisotopic (exact) mass is 550 g/mol. The average molecular weight is 551 g/mol. The molecule has 0 unspecified atom stereocenters. The molecule has 0 aliphatic carbocycles. The van der Waals surface area contributed by atoms with Gasteiger partial charge in [0.05, 0.1) is 18.1 Å². The van der Waals surface area contributed by atoms with Gasteiger partial charge in [-0.25, -0.2) is 4.79 Å². The zero-order valence-corrected chi connectivity index (χ0v) is 24.1. The number of hydrogen-bond donors (Lipinski definition) is 2. The molecule has 38 heavy (non-hydrogen) atoms. The first-order chi connectivity index (χ1) is 18.0. The molecule has 2 aliphatic rings. The predicted octanol–water partition coefficient (Wildman–Crippen LogP) is 3.25. The minimum Gasteiger partial charge on any atom is -0.505 e. The van der Waals surface area contributed by atoms with Crippen molar-refractivity contribution in [1.29, 1.82) is 0 Å². The van der Waals surface area contributed by atoms with Crippen molar-refractivity contribution in [2.24, 2.45) is 5.92 Å². The number of aliphatic hydroxyl groups excluding tert-OH is 1. The number of amides is 2. The van der Waals surface area contributed by atoms with Crippen LogP contribution in [0.15, 0.2) is 82.9 Å². The molecule has 0 bridgehead atoms. The lowest BCUT2D eigenvalue weighted by Crippen LogP contribution is -2.68. The molecule has 7 nitrogen and oxygen atoms in total. The number of nitrogens with one attached hydrogen (secondary N) is 1. The van der Waals surface area contributed by atoms with Crippen LogP contribution >= 0.6 is 11.8 Å². The Balaban J connectivity index is 1.79. The number of nitrogens with zero attached hydrogens (tertiary/aromatic N) is 1. The van der Waals surface area contributed by atoms with Crippen LogP contribution in [0.4, 0.5) is 0 Å². The van der Waals surface area contributed by atoms with Gasteiger partial charge in [-0.05, 0) is 27.7 Å². The van der Waals surface area contributed by atoms with Crippen molar-refractivity contribution in [3.63, 3.8) is 0 Å². The Morgan fingerprint density at radius 2 is 1.66 bits per heavy atom. The van der Waals surface area contributed by atoms with E-state index in [4.69, 9.17) is 4.43 Å². The van der Waals surface area contributed by atoms with Crippen LogP contribution < -0.4 is 15.7 Å². The fourth-order valence-electron chi connectivity index (χ4n) is 5.43. The standard InChI is InChI=1S/C29H34N2O5SSi/c1-19(32)25-23-18-24(37-17-16-30-20(2)33)26(31(23)27(25)34)28(35)36-38(29(3,4)5,21-12-8-6-9-13-21)22-14-10-7-11-15-22/h6-17,19,23,25,32H,18H2,1-5H3,(H,30,33)/t19-,23+,25+/m0/s1. The topological polar surface area (TPSA) is 95.9 Å². The summed E-state index contributed by atoms with van der Waals surface area (Å²) in [5.41, 5.74) is 0.224. The van der Waals surface area contributed by atoms with Gasteiger partial charge in [-0.15, -0.1) is 0 Å². The van der Waals surface area contributed by atoms with E-state index in [0.717, 1.165) is 10.4 Å². The zero-order chi connectivity index (χ0) is 27.7. The lowest BCUT2D eigenvalue weighted by atomic mass is 9.83. The fraction of sp³-hybridized carbons (Fsp3) is 0.345. The first kappa shape index (κ1) is 27.9. The van der Waals surface area contributed by atoms with E-state index in [1.165, 1.54) is 29.8 Å². The van der Waals surface area contributed by atoms with E-state index >= 15 is 0 Å². The summed E-state index contributed by atoms with van der Waals surface area (Å²) in [4.78, 5) is 40.8. The van der Waals surface area contributed by atoms with Crippen molar-refractivity contribution in [2.75, 3.05) is 0 Å². The van der Waals surface area contributed by atoms with Gasteiger partial charge >= 0.3 is 14.3 Å². The summed E-state index contributed by atoms with van der Waals surface area (Å²) in [6, 6.07) is 19.4. The molecule has 2 heterocycles. The van der Waals surface area contributed by atoms with Crippen LogP contribution in [0.2, 0.25) is 5.04 Å². The highest BCUT2D eigenvalue weighted by atomic mass is 32.2. The summed E-state index contributed by atoms with van der Waals surface area (Å²) in [6.07, 6.45) is 1.12. The van der Waals surface area contributed by atoms with Crippen molar-refractivity contribution in [3.05, 3.63) is 82.9 Å². The minimum absolute atomic E-state index is 0.207. The second-order valence-corrected chi connectivity index (χ2v) is 15.9. The summed E-state index contributed by atoms with van der Waals surface area (Å²) in [5.74, 6) is -1.60. The second-order valence-electron chi connectivity index (χ2n) is 10.7. The van der Waals surface area contributed by atoms with Gasteiger partial charge in [0.15, 0.2) is 0 Å². The summed E-state index contributed by atoms with van der Waals surface area (Å²) < 4.78 is 6.71. The minimum atomic E-state index is -3.21. The summed E-state index contributed by atoms with van der Waals surface area (Å²) >= 11 is 1.27. The largest absolute Gasteiger partial charge is 0.505 e. The molecule has 4 rings (SSSR count). The van der Waals surface area contributed by atoms with Gasteiger partial charge in [0.2, 0.25) is 11.8 Å². The van der Waals surface area contributed by atoms with Crippen LogP contribution in [-0.2, 0) is 18.8 Å². The van der Waals surface area contributed by atoms with Gasteiger partial charge in [-0.1, -0.05) is 93.2 Å². The number of hydrogen-bond acceptors (Lipinski definition) is 6. The van der Waals surface area contributed by atoms with Crippen molar-refractivity contribution in [2.45, 2.75) is 58.2 Å². The number of fused-ring (bicyclic) bond motifs is 1. The Morgan fingerprint density at radius 1 is 1.11 bits per heavy atom. The number of aliphatic hydroxyl groups is 1. The van der Waals surface area contributed by atoms with E-state index in [1.807, 2.05) is 60.7 Å². The maximum atomic E-state index is 14.2. The zero-order valence-electron chi connectivity index (χ0n) is 22.3. The highest BCUT2D eigenvalue weighted by Crippen LogP contribution is 2.48. The molecule has 2 aliphatic heterocycles. The van der Waals surface area contributed by atoms with Crippen molar-refractivity contribution >= 4 is 48.2 Å². The Kier molecular flexibility index (Phi) is 8.01. The lowest BCUT2D eigenvalue weighted by molar-refractivity contribution is -0.160. The van der Waals surface area contributed by atoms with Gasteiger partial charge in [-0.3, -0.25) is 9.59 Å². The summed E-state index contributed by atoms with van der Waals surface area (Å²) in [5, 5.41) is 16.0. The first-order valence-electron chi connectivity index (χ1n) is 12.7. The Hall–Kier alpha value is -3.14. The molecular weight excluding hydrogens is 516 g/mol. The van der Waals surface area contributed by atoms with Crippen molar-refractivity contribution < 1.29 is 23.9 Å². The lowest BCUT2D eigenvalue weighted by Gasteiger charge is -2.46. The Labute approximate surface area is 229 Å². The molecule has 1 fully saturated rings.